The zero-order valence-corrected chi connectivity index (χ0v) is 30.1. The number of benzene rings is 1. The van der Waals surface area contributed by atoms with Gasteiger partial charge in [0.1, 0.15) is 11.9 Å². The van der Waals surface area contributed by atoms with Gasteiger partial charge in [-0.05, 0) is 84.9 Å². The minimum Gasteiger partial charge on any atom is -0.496 e. The lowest BCUT2D eigenvalue weighted by atomic mass is 9.86. The molecule has 0 radical (unpaired) electrons. The molecule has 12 heteroatoms. The Morgan fingerprint density at radius 2 is 1.92 bits per heavy atom. The van der Waals surface area contributed by atoms with Gasteiger partial charge in [0.15, 0.2) is 5.78 Å². The van der Waals surface area contributed by atoms with E-state index in [4.69, 9.17) is 14.2 Å². The van der Waals surface area contributed by atoms with Crippen LogP contribution in [0.2, 0.25) is 0 Å². The average molecular weight is 699 g/mol. The number of hydrogen-bond donors (Lipinski definition) is 2. The molecule has 268 valence electrons. The van der Waals surface area contributed by atoms with Crippen molar-refractivity contribution < 1.29 is 42.9 Å². The van der Waals surface area contributed by atoms with E-state index in [0.717, 1.165) is 67.0 Å². The smallest absolute Gasteiger partial charge is 0.332 e. The maximum atomic E-state index is 14.6. The van der Waals surface area contributed by atoms with Crippen molar-refractivity contribution in [2.24, 2.45) is 23.2 Å². The third-order valence-electron chi connectivity index (χ3n) is 11.7. The van der Waals surface area contributed by atoms with Crippen molar-refractivity contribution in [2.75, 3.05) is 20.3 Å². The number of ketones is 1. The highest BCUT2D eigenvalue weighted by atomic mass is 31.2. The van der Waals surface area contributed by atoms with E-state index in [0.29, 0.717) is 12.3 Å². The number of cyclic esters (lactones) is 1. The van der Waals surface area contributed by atoms with E-state index in [9.17, 15) is 28.7 Å². The number of esters is 1. The molecule has 2 saturated carbocycles. The second-order valence-corrected chi connectivity index (χ2v) is 17.6. The lowest BCUT2D eigenvalue weighted by molar-refractivity contribution is -0.153. The third kappa shape index (κ3) is 7.40. The van der Waals surface area contributed by atoms with Crippen LogP contribution in [0.3, 0.4) is 0 Å². The first-order valence-electron chi connectivity index (χ1n) is 17.9. The predicted molar refractivity (Wildman–Crippen MR) is 183 cm³/mol. The average Bonchev–Trinajstić information content (AvgIpc) is 3.35. The van der Waals surface area contributed by atoms with Crippen molar-refractivity contribution in [1.82, 2.24) is 9.88 Å². The molecule has 1 amide bonds. The maximum Gasteiger partial charge on any atom is 0.332 e. The van der Waals surface area contributed by atoms with E-state index in [-0.39, 0.29) is 67.8 Å². The Bertz CT molecular complexity index is 1630. The highest BCUT2D eigenvalue weighted by Crippen LogP contribution is 2.71. The molecule has 4 aliphatic rings. The van der Waals surface area contributed by atoms with Crippen molar-refractivity contribution in [3.63, 3.8) is 0 Å². The molecule has 49 heavy (non-hydrogen) atoms. The standard InChI is InChI=1S/C37H51N2O9P/c1-5-26-19-37(26,49(43,44)45)20-31(40)30-17-27-21-39(30)35(42)29(23-9-6-7-10-23)18-33(41)47-22-36(2,3)13-8-11-25-15-28-24(16-32(25)46-4)12-14-38-34(28)48-27/h12,14-16,23,26-27,29-30H,5-11,13,17-22H2,1-4H3,(H2,43,44,45)/t26?,27-,29+,30+,37?/m1/s1. The zero-order chi connectivity index (χ0) is 35.1. The van der Waals surface area contributed by atoms with E-state index in [2.05, 4.69) is 18.8 Å². The molecule has 3 heterocycles. The van der Waals surface area contributed by atoms with Gasteiger partial charge in [-0.3, -0.25) is 18.9 Å². The number of amides is 1. The fourth-order valence-electron chi connectivity index (χ4n) is 8.65. The first-order chi connectivity index (χ1) is 23.2. The van der Waals surface area contributed by atoms with Crippen LogP contribution in [0.5, 0.6) is 11.6 Å². The van der Waals surface area contributed by atoms with Gasteiger partial charge < -0.3 is 28.9 Å². The van der Waals surface area contributed by atoms with Crippen LogP contribution in [0.1, 0.15) is 97.0 Å². The van der Waals surface area contributed by atoms with Gasteiger partial charge in [0.05, 0.1) is 43.8 Å². The molecular weight excluding hydrogens is 647 g/mol. The largest absolute Gasteiger partial charge is 0.496 e. The summed E-state index contributed by atoms with van der Waals surface area (Å²) in [6.45, 7) is 6.33. The lowest BCUT2D eigenvalue weighted by Gasteiger charge is -2.31. The number of Topliss-reactive ketones (excluding diaryl/α,β-unsaturated/α-hetero) is 1. The fourth-order valence-corrected chi connectivity index (χ4v) is 10.1. The zero-order valence-electron chi connectivity index (χ0n) is 29.2. The van der Waals surface area contributed by atoms with Crippen molar-refractivity contribution in [1.29, 1.82) is 0 Å². The van der Waals surface area contributed by atoms with E-state index in [1.165, 1.54) is 4.90 Å². The van der Waals surface area contributed by atoms with Gasteiger partial charge in [0.2, 0.25) is 11.8 Å². The maximum absolute atomic E-state index is 14.6. The molecule has 5 atom stereocenters. The van der Waals surface area contributed by atoms with Gasteiger partial charge >= 0.3 is 13.6 Å². The SMILES string of the molecule is CCC1CC1(CC(=O)[C@@H]1C[C@@H]2CN1C(=O)[C@H](C1CCCC1)CC(=O)OCC(C)(C)CCCc1cc3c(nccc3cc1OC)O2)P(=O)(O)O. The van der Waals surface area contributed by atoms with E-state index in [1.54, 1.807) is 13.3 Å². The highest BCUT2D eigenvalue weighted by Gasteiger charge is 2.66. The van der Waals surface area contributed by atoms with E-state index >= 15 is 0 Å². The van der Waals surface area contributed by atoms with Crippen molar-refractivity contribution >= 4 is 36.0 Å². The highest BCUT2D eigenvalue weighted by molar-refractivity contribution is 7.54. The number of fused-ring (bicyclic) bond motifs is 3. The summed E-state index contributed by atoms with van der Waals surface area (Å²) in [6.07, 6.45) is 7.61. The fraction of sp³-hybridized carbons (Fsp3) is 0.676. The normalized spacial score (nSPS) is 29.7. The molecule has 6 rings (SSSR count). The molecule has 1 saturated heterocycles. The van der Waals surface area contributed by atoms with Crippen molar-refractivity contribution in [3.05, 3.63) is 30.0 Å². The summed E-state index contributed by atoms with van der Waals surface area (Å²) in [5, 5.41) is 0.288. The topological polar surface area (TPSA) is 153 Å². The van der Waals surface area contributed by atoms with Crippen LogP contribution in [0, 0.1) is 23.2 Å². The number of aromatic nitrogens is 1. The summed E-state index contributed by atoms with van der Waals surface area (Å²) in [5.41, 5.74) is 0.705. The van der Waals surface area contributed by atoms with Gasteiger partial charge in [0.25, 0.3) is 0 Å². The Labute approximate surface area is 288 Å². The van der Waals surface area contributed by atoms with E-state index < -0.39 is 36.8 Å². The molecule has 1 aromatic carbocycles. The summed E-state index contributed by atoms with van der Waals surface area (Å²) < 4.78 is 30.8. The second-order valence-electron chi connectivity index (χ2n) is 15.6. The number of hydrogen-bond acceptors (Lipinski definition) is 8. The van der Waals surface area contributed by atoms with E-state index in [1.807, 2.05) is 25.1 Å². The van der Waals surface area contributed by atoms with Crippen molar-refractivity contribution in [3.8, 4) is 11.6 Å². The summed E-state index contributed by atoms with van der Waals surface area (Å²) in [7, 11) is -2.94. The van der Waals surface area contributed by atoms with Crippen molar-refractivity contribution in [2.45, 2.75) is 115 Å². The molecule has 2 unspecified atom stereocenters. The molecule has 4 bridgehead atoms. The first kappa shape index (κ1) is 35.8. The number of ether oxygens (including phenoxy) is 3. The number of rotatable bonds is 7. The summed E-state index contributed by atoms with van der Waals surface area (Å²) >= 11 is 0. The first-order valence-corrected chi connectivity index (χ1v) is 19.5. The number of carbonyl (C=O) groups is 3. The van der Waals surface area contributed by atoms with Gasteiger partial charge in [-0.2, -0.15) is 0 Å². The molecule has 0 spiro atoms. The molecule has 2 N–H and O–H groups in total. The number of nitrogens with zero attached hydrogens (tertiary/aromatic N) is 2. The second kappa shape index (κ2) is 14.0. The third-order valence-corrected chi connectivity index (χ3v) is 13.5. The van der Waals surface area contributed by atoms with Crippen LogP contribution in [0.15, 0.2) is 24.4 Å². The van der Waals surface area contributed by atoms with Crippen LogP contribution < -0.4 is 9.47 Å². The van der Waals surface area contributed by atoms with Crippen LogP contribution >= 0.6 is 7.60 Å². The molecule has 2 aliphatic heterocycles. The molecular formula is C37H51N2O9P. The van der Waals surface area contributed by atoms with Gasteiger partial charge in [0, 0.05) is 24.4 Å². The van der Waals surface area contributed by atoms with Gasteiger partial charge in [-0.1, -0.05) is 40.0 Å². The predicted octanol–water partition coefficient (Wildman–Crippen LogP) is 6.00. The van der Waals surface area contributed by atoms with Crippen LogP contribution in [0.25, 0.3) is 10.8 Å². The Hall–Kier alpha value is -3.01. The van der Waals surface area contributed by atoms with Crippen LogP contribution in [-0.4, -0.2) is 74.9 Å². The molecule has 2 aromatic rings. The quantitative estimate of drug-likeness (QED) is 0.260. The minimum atomic E-state index is -4.59. The molecule has 1 aromatic heterocycles. The summed E-state index contributed by atoms with van der Waals surface area (Å²) in [6, 6.07) is 4.95. The molecule has 2 aliphatic carbocycles. The number of methoxy groups -OCH3 is 1. The minimum absolute atomic E-state index is 0.0168. The number of carbonyl (C=O) groups excluding carboxylic acids is 3. The molecule has 3 fully saturated rings. The number of pyridine rings is 1. The summed E-state index contributed by atoms with van der Waals surface area (Å²) in [5.74, 6) is -0.874. The Morgan fingerprint density at radius 1 is 1.16 bits per heavy atom. The molecule has 11 nitrogen and oxygen atoms in total. The number of aryl methyl sites for hydroxylation is 1. The monoisotopic (exact) mass is 698 g/mol. The van der Waals surface area contributed by atoms with Crippen LogP contribution in [0.4, 0.5) is 0 Å². The van der Waals surface area contributed by atoms with Gasteiger partial charge in [-0.25, -0.2) is 4.98 Å². The Morgan fingerprint density at radius 3 is 2.59 bits per heavy atom. The van der Waals surface area contributed by atoms with Crippen LogP contribution in [-0.2, 0) is 30.1 Å². The van der Waals surface area contributed by atoms with Gasteiger partial charge in [-0.15, -0.1) is 0 Å². The Balaban J connectivity index is 1.38. The lowest BCUT2D eigenvalue weighted by Crippen LogP contribution is -2.46. The Kier molecular flexibility index (Phi) is 10.2. The summed E-state index contributed by atoms with van der Waals surface area (Å²) in [4.78, 5) is 68.9.